The van der Waals surface area contributed by atoms with E-state index in [0.29, 0.717) is 12.2 Å². The second-order valence-electron chi connectivity index (χ2n) is 9.17. The minimum absolute atomic E-state index is 0.0395. The number of ether oxygens (including phenoxy) is 1. The molecule has 0 aliphatic carbocycles. The van der Waals surface area contributed by atoms with Crippen molar-refractivity contribution in [2.45, 2.75) is 18.7 Å². The molecule has 3 heterocycles. The van der Waals surface area contributed by atoms with E-state index < -0.39 is 38.2 Å². The summed E-state index contributed by atoms with van der Waals surface area (Å²) < 4.78 is 35.7. The largest absolute Gasteiger partial charge is 0.434 e. The van der Waals surface area contributed by atoms with Crippen molar-refractivity contribution in [3.8, 4) is 11.6 Å². The number of rotatable bonds is 7. The third-order valence-electron chi connectivity index (χ3n) is 5.95. The van der Waals surface area contributed by atoms with Crippen molar-refractivity contribution in [3.63, 3.8) is 0 Å². The molecule has 2 N–H and O–H groups in total. The molecule has 0 bridgehead atoms. The summed E-state index contributed by atoms with van der Waals surface area (Å²) in [5.41, 5.74) is 3.30. The lowest BCUT2D eigenvalue weighted by atomic mass is 9.90. The number of aromatic nitrogens is 1. The van der Waals surface area contributed by atoms with Gasteiger partial charge >= 0.3 is 5.69 Å². The van der Waals surface area contributed by atoms with Crippen molar-refractivity contribution in [1.29, 1.82) is 0 Å². The lowest BCUT2D eigenvalue weighted by molar-refractivity contribution is -0.386. The number of nitrogens with zero attached hydrogens (tertiary/aromatic N) is 4. The van der Waals surface area contributed by atoms with E-state index in [1.54, 1.807) is 24.3 Å². The fraction of sp³-hybridized carbons (Fsp3) is 0.200. The average Bonchev–Trinajstić information content (AvgIpc) is 2.89. The average molecular weight is 551 g/mol. The molecule has 1 aromatic heterocycles. The maximum absolute atomic E-state index is 13.5. The Morgan fingerprint density at radius 1 is 1.15 bits per heavy atom. The quantitative estimate of drug-likeness (QED) is 0.252. The summed E-state index contributed by atoms with van der Waals surface area (Å²) in [5, 5.41) is 15.3. The maximum Gasteiger partial charge on any atom is 0.331 e. The molecule has 5 rings (SSSR count). The Hall–Kier alpha value is -4.69. The van der Waals surface area contributed by atoms with E-state index in [1.165, 1.54) is 35.5 Å². The molecule has 200 valence electrons. The maximum atomic E-state index is 13.5. The number of Topliss-reactive ketones (excluding diaryl/α,β-unsaturated/α-hetero) is 1. The number of amidine groups is 1. The first-order valence-corrected chi connectivity index (χ1v) is 13.2. The van der Waals surface area contributed by atoms with Crippen LogP contribution < -0.4 is 20.5 Å². The number of carbonyl (C=O) groups excluding carboxylic acids is 2. The molecule has 14 heteroatoms. The molecule has 1 amide bonds. The number of carbonyl (C=O) groups is 2. The van der Waals surface area contributed by atoms with E-state index in [1.807, 2.05) is 13.8 Å². The summed E-state index contributed by atoms with van der Waals surface area (Å²) in [7, 11) is -4.40. The van der Waals surface area contributed by atoms with Crippen LogP contribution in [0, 0.1) is 22.0 Å². The summed E-state index contributed by atoms with van der Waals surface area (Å²) in [6, 6.07) is 13.0. The van der Waals surface area contributed by atoms with Crippen molar-refractivity contribution < 1.29 is 27.7 Å². The zero-order chi connectivity index (χ0) is 27.9. The number of fused-ring (bicyclic) bond motifs is 2. The van der Waals surface area contributed by atoms with Crippen LogP contribution in [0.2, 0.25) is 0 Å². The first-order valence-electron chi connectivity index (χ1n) is 11.8. The van der Waals surface area contributed by atoms with Gasteiger partial charge in [-0.15, -0.1) is 4.40 Å². The zero-order valence-electron chi connectivity index (χ0n) is 20.7. The number of amides is 1. The number of benzene rings is 2. The van der Waals surface area contributed by atoms with E-state index >= 15 is 0 Å². The molecular weight excluding hydrogens is 528 g/mol. The van der Waals surface area contributed by atoms with Crippen LogP contribution in [0.4, 0.5) is 17.1 Å². The highest BCUT2D eigenvalue weighted by Gasteiger charge is 2.45. The molecule has 0 spiro atoms. The van der Waals surface area contributed by atoms with Gasteiger partial charge in [0.15, 0.2) is 11.7 Å². The van der Waals surface area contributed by atoms with E-state index in [4.69, 9.17) is 4.74 Å². The van der Waals surface area contributed by atoms with E-state index in [9.17, 15) is 28.1 Å². The van der Waals surface area contributed by atoms with Gasteiger partial charge in [0.05, 0.1) is 16.3 Å². The molecular formula is C25H22N6O7S. The first kappa shape index (κ1) is 25.9. The highest BCUT2D eigenvalue weighted by molar-refractivity contribution is 7.90. The van der Waals surface area contributed by atoms with E-state index in [2.05, 4.69) is 20.1 Å². The summed E-state index contributed by atoms with van der Waals surface area (Å²) in [6.07, 6.45) is 1.30. The van der Waals surface area contributed by atoms with Gasteiger partial charge in [-0.2, -0.15) is 8.42 Å². The monoisotopic (exact) mass is 550 g/mol. The number of sulfonamides is 1. The number of pyridine rings is 1. The number of hydrogen-bond donors (Lipinski definition) is 2. The lowest BCUT2D eigenvalue weighted by Crippen LogP contribution is -2.55. The number of anilines is 2. The predicted octanol–water partition coefficient (Wildman–Crippen LogP) is 3.30. The Kier molecular flexibility index (Phi) is 6.57. The minimum atomic E-state index is -4.40. The van der Waals surface area contributed by atoms with Crippen molar-refractivity contribution in [1.82, 2.24) is 10.4 Å². The number of nitro groups is 1. The number of ketones is 1. The molecule has 2 aliphatic rings. The molecule has 1 atom stereocenters. The Bertz CT molecular complexity index is 1650. The van der Waals surface area contributed by atoms with Crippen LogP contribution in [0.3, 0.4) is 0 Å². The molecule has 2 aliphatic heterocycles. The first-order chi connectivity index (χ1) is 18.6. The van der Waals surface area contributed by atoms with Crippen LogP contribution in [0.25, 0.3) is 0 Å². The van der Waals surface area contributed by atoms with Gasteiger partial charge in [0.1, 0.15) is 16.5 Å². The number of nitrogens with one attached hydrogen (secondary N) is 2. The number of hydrogen-bond acceptors (Lipinski definition) is 10. The van der Waals surface area contributed by atoms with Gasteiger partial charge in [-0.05, 0) is 36.2 Å². The van der Waals surface area contributed by atoms with Crippen LogP contribution >= 0.6 is 0 Å². The van der Waals surface area contributed by atoms with Gasteiger partial charge in [-0.1, -0.05) is 26.0 Å². The van der Waals surface area contributed by atoms with Crippen LogP contribution in [-0.4, -0.2) is 42.4 Å². The second kappa shape index (κ2) is 9.89. The normalized spacial score (nSPS) is 17.7. The van der Waals surface area contributed by atoms with Gasteiger partial charge < -0.3 is 10.1 Å². The SMILES string of the molecule is CC(C)CNN1C(=O)C(C2=NS(=O)(=O)c3cc(Oc4ncccc4[N+](=O)[O-])ccc3N2)C(=O)c2ccccc21. The van der Waals surface area contributed by atoms with Crippen LogP contribution in [-0.2, 0) is 14.8 Å². The standard InChI is InChI=1S/C25H22N6O7S/c1-14(2)13-27-30-18-7-4-3-6-16(18)22(32)21(25(30)33)23-28-17-10-9-15(12-20(17)39(36,37)29-23)38-24-19(31(34)35)8-5-11-26-24/h3-12,14,21,27H,13H2,1-2H3,(H,28,29). The molecule has 0 radical (unpaired) electrons. The highest BCUT2D eigenvalue weighted by atomic mass is 32.2. The van der Waals surface area contributed by atoms with Crippen LogP contribution in [0.5, 0.6) is 11.6 Å². The number of hydrazine groups is 1. The fourth-order valence-corrected chi connectivity index (χ4v) is 5.30. The Balaban J connectivity index is 1.49. The van der Waals surface area contributed by atoms with Crippen molar-refractivity contribution in [2.75, 3.05) is 16.9 Å². The molecule has 39 heavy (non-hydrogen) atoms. The molecule has 1 unspecified atom stereocenters. The van der Waals surface area contributed by atoms with Crippen molar-refractivity contribution in [3.05, 3.63) is 76.5 Å². The molecule has 3 aromatic rings. The van der Waals surface area contributed by atoms with Gasteiger partial charge in [0.25, 0.3) is 21.8 Å². The third-order valence-corrected chi connectivity index (χ3v) is 7.28. The lowest BCUT2D eigenvalue weighted by Gasteiger charge is -2.35. The Labute approximate surface area is 222 Å². The summed E-state index contributed by atoms with van der Waals surface area (Å²) in [5.74, 6) is -3.31. The predicted molar refractivity (Wildman–Crippen MR) is 140 cm³/mol. The van der Waals surface area contributed by atoms with Crippen LogP contribution in [0.1, 0.15) is 24.2 Å². The summed E-state index contributed by atoms with van der Waals surface area (Å²) >= 11 is 0. The topological polar surface area (TPSA) is 173 Å². The van der Waals surface area contributed by atoms with Gasteiger partial charge in [-0.25, -0.2) is 15.4 Å². The van der Waals surface area contributed by atoms with Crippen molar-refractivity contribution in [2.24, 2.45) is 16.2 Å². The third kappa shape index (κ3) is 4.82. The fourth-order valence-electron chi connectivity index (χ4n) is 4.13. The smallest absolute Gasteiger partial charge is 0.331 e. The zero-order valence-corrected chi connectivity index (χ0v) is 21.5. The highest BCUT2D eigenvalue weighted by Crippen LogP contribution is 2.37. The van der Waals surface area contributed by atoms with Crippen molar-refractivity contribution >= 4 is 44.6 Å². The molecule has 0 saturated heterocycles. The Morgan fingerprint density at radius 2 is 1.92 bits per heavy atom. The van der Waals surface area contributed by atoms with E-state index in [-0.39, 0.29) is 39.5 Å². The molecule has 0 saturated carbocycles. The molecule has 0 fully saturated rings. The second-order valence-corrected chi connectivity index (χ2v) is 10.7. The number of para-hydroxylation sites is 1. The molecule has 13 nitrogen and oxygen atoms in total. The Morgan fingerprint density at radius 3 is 2.67 bits per heavy atom. The van der Waals surface area contributed by atoms with Gasteiger partial charge in [0.2, 0.25) is 0 Å². The van der Waals surface area contributed by atoms with Crippen LogP contribution in [0.15, 0.2) is 70.1 Å². The minimum Gasteiger partial charge on any atom is -0.434 e. The van der Waals surface area contributed by atoms with Gasteiger partial charge in [-0.3, -0.25) is 19.7 Å². The molecule has 2 aromatic carbocycles. The van der Waals surface area contributed by atoms with Gasteiger partial charge in [0, 0.05) is 30.4 Å². The summed E-state index contributed by atoms with van der Waals surface area (Å²) in [4.78, 5) is 41.1. The van der Waals surface area contributed by atoms with E-state index in [0.717, 1.165) is 6.07 Å². The summed E-state index contributed by atoms with van der Waals surface area (Å²) in [6.45, 7) is 4.34.